The molecule has 0 radical (unpaired) electrons. The summed E-state index contributed by atoms with van der Waals surface area (Å²) in [6.07, 6.45) is 2.05. The molecule has 2 saturated heterocycles. The molecule has 0 aromatic carbocycles. The van der Waals surface area contributed by atoms with Crippen molar-refractivity contribution < 1.29 is 8.42 Å². The lowest BCUT2D eigenvalue weighted by Gasteiger charge is -2.16. The highest BCUT2D eigenvalue weighted by Gasteiger charge is 2.29. The minimum Gasteiger partial charge on any atom is -0.313 e. The van der Waals surface area contributed by atoms with Gasteiger partial charge in [0.1, 0.15) is 0 Å². The predicted molar refractivity (Wildman–Crippen MR) is 65.3 cm³/mol. The van der Waals surface area contributed by atoms with Gasteiger partial charge in [0, 0.05) is 12.6 Å². The topological polar surface area (TPSA) is 49.4 Å². The summed E-state index contributed by atoms with van der Waals surface area (Å²) in [6, 6.07) is 0.209. The molecular weight excluding hydrogens is 224 g/mol. The number of likely N-dealkylation sites (tertiary alicyclic amines) is 1. The van der Waals surface area contributed by atoms with Crippen LogP contribution in [0, 0.1) is 5.92 Å². The lowest BCUT2D eigenvalue weighted by Crippen LogP contribution is -2.35. The molecule has 4 nitrogen and oxygen atoms in total. The van der Waals surface area contributed by atoms with E-state index < -0.39 is 9.84 Å². The maximum Gasteiger partial charge on any atom is 0.151 e. The van der Waals surface area contributed by atoms with E-state index in [1.165, 1.54) is 19.5 Å². The Morgan fingerprint density at radius 2 is 2.19 bits per heavy atom. The Balaban J connectivity index is 1.69. The van der Waals surface area contributed by atoms with Gasteiger partial charge in [0.2, 0.25) is 0 Å². The van der Waals surface area contributed by atoms with Crippen LogP contribution >= 0.6 is 0 Å². The molecule has 2 unspecified atom stereocenters. The van der Waals surface area contributed by atoms with E-state index >= 15 is 0 Å². The highest BCUT2D eigenvalue weighted by atomic mass is 32.2. The van der Waals surface area contributed by atoms with Crippen molar-refractivity contribution in [1.29, 1.82) is 0 Å². The number of hydrogen-bond donors (Lipinski definition) is 1. The molecule has 0 spiro atoms. The van der Waals surface area contributed by atoms with Gasteiger partial charge in [0.25, 0.3) is 0 Å². The fourth-order valence-electron chi connectivity index (χ4n) is 2.66. The molecule has 0 saturated carbocycles. The second-order valence-corrected chi connectivity index (χ2v) is 7.28. The lowest BCUT2D eigenvalue weighted by molar-refractivity contribution is 0.336. The van der Waals surface area contributed by atoms with Crippen molar-refractivity contribution in [3.8, 4) is 0 Å². The predicted octanol–water partition coefficient (Wildman–Crippen LogP) is 0.105. The summed E-state index contributed by atoms with van der Waals surface area (Å²) in [5.74, 6) is 1.43. The van der Waals surface area contributed by atoms with Crippen molar-refractivity contribution in [2.45, 2.75) is 25.8 Å². The van der Waals surface area contributed by atoms with Crippen LogP contribution in [0.25, 0.3) is 0 Å². The Morgan fingerprint density at radius 1 is 1.38 bits per heavy atom. The lowest BCUT2D eigenvalue weighted by atomic mass is 10.1. The molecule has 0 bridgehead atoms. The Labute approximate surface area is 98.3 Å². The molecule has 2 heterocycles. The molecule has 2 fully saturated rings. The van der Waals surface area contributed by atoms with Gasteiger partial charge in [-0.15, -0.1) is 0 Å². The first-order valence-corrected chi connectivity index (χ1v) is 8.07. The Hall–Kier alpha value is -0.130. The zero-order valence-corrected chi connectivity index (χ0v) is 10.8. The molecule has 2 aliphatic heterocycles. The molecule has 16 heavy (non-hydrogen) atoms. The molecule has 0 aliphatic carbocycles. The Kier molecular flexibility index (Phi) is 3.87. The van der Waals surface area contributed by atoms with Crippen LogP contribution in [0.2, 0.25) is 0 Å². The largest absolute Gasteiger partial charge is 0.313 e. The second-order valence-electron chi connectivity index (χ2n) is 5.06. The SMILES string of the molecule is CCN1CCC(CNC2CCS(=O)(=O)C2)C1. The number of rotatable bonds is 4. The minimum absolute atomic E-state index is 0.209. The molecule has 2 aliphatic rings. The molecule has 2 rings (SSSR count). The quantitative estimate of drug-likeness (QED) is 0.764. The first kappa shape index (κ1) is 12.3. The summed E-state index contributed by atoms with van der Waals surface area (Å²) in [6.45, 7) is 6.68. The number of nitrogens with one attached hydrogen (secondary N) is 1. The van der Waals surface area contributed by atoms with Crippen molar-refractivity contribution in [1.82, 2.24) is 10.2 Å². The third-order valence-corrected chi connectivity index (χ3v) is 5.51. The van der Waals surface area contributed by atoms with Gasteiger partial charge in [-0.2, -0.15) is 0 Å². The monoisotopic (exact) mass is 246 g/mol. The van der Waals surface area contributed by atoms with Crippen LogP contribution < -0.4 is 5.32 Å². The van der Waals surface area contributed by atoms with Crippen LogP contribution in [0.1, 0.15) is 19.8 Å². The van der Waals surface area contributed by atoms with Crippen LogP contribution in [0.3, 0.4) is 0 Å². The van der Waals surface area contributed by atoms with Gasteiger partial charge >= 0.3 is 0 Å². The van der Waals surface area contributed by atoms with Gasteiger partial charge in [-0.05, 0) is 38.4 Å². The average molecular weight is 246 g/mol. The van der Waals surface area contributed by atoms with Crippen molar-refractivity contribution in [2.24, 2.45) is 5.92 Å². The van der Waals surface area contributed by atoms with E-state index in [0.29, 0.717) is 17.4 Å². The number of nitrogens with zero attached hydrogens (tertiary/aromatic N) is 1. The maximum atomic E-state index is 11.3. The average Bonchev–Trinajstić information content (AvgIpc) is 2.81. The first-order valence-electron chi connectivity index (χ1n) is 6.25. The van der Waals surface area contributed by atoms with Crippen molar-refractivity contribution in [3.63, 3.8) is 0 Å². The molecule has 0 amide bonds. The first-order chi connectivity index (χ1) is 7.59. The van der Waals surface area contributed by atoms with Gasteiger partial charge in [-0.25, -0.2) is 8.42 Å². The van der Waals surface area contributed by atoms with E-state index in [1.807, 2.05) is 0 Å². The van der Waals surface area contributed by atoms with Crippen LogP contribution in [0.15, 0.2) is 0 Å². The van der Waals surface area contributed by atoms with Gasteiger partial charge in [0.05, 0.1) is 11.5 Å². The fourth-order valence-corrected chi connectivity index (χ4v) is 4.36. The van der Waals surface area contributed by atoms with E-state index in [2.05, 4.69) is 17.1 Å². The van der Waals surface area contributed by atoms with E-state index in [0.717, 1.165) is 19.5 Å². The van der Waals surface area contributed by atoms with Gasteiger partial charge < -0.3 is 10.2 Å². The van der Waals surface area contributed by atoms with Gasteiger partial charge in [0.15, 0.2) is 9.84 Å². The summed E-state index contributed by atoms with van der Waals surface area (Å²) in [4.78, 5) is 2.46. The third kappa shape index (κ3) is 3.18. The smallest absolute Gasteiger partial charge is 0.151 e. The zero-order valence-electron chi connectivity index (χ0n) is 9.98. The number of hydrogen-bond acceptors (Lipinski definition) is 4. The Bertz CT molecular complexity index is 329. The molecule has 0 aromatic heterocycles. The molecular formula is C11H22N2O2S. The third-order valence-electron chi connectivity index (χ3n) is 3.74. The summed E-state index contributed by atoms with van der Waals surface area (Å²) >= 11 is 0. The Morgan fingerprint density at radius 3 is 2.75 bits per heavy atom. The second kappa shape index (κ2) is 5.02. The molecule has 5 heteroatoms. The summed E-state index contributed by atoms with van der Waals surface area (Å²) in [5, 5.41) is 3.42. The van der Waals surface area contributed by atoms with Crippen LogP contribution in [0.5, 0.6) is 0 Å². The standard InChI is InChI=1S/C11H22N2O2S/c1-2-13-5-3-10(8-13)7-12-11-4-6-16(14,15)9-11/h10-12H,2-9H2,1H3. The van der Waals surface area contributed by atoms with Crippen LogP contribution in [-0.2, 0) is 9.84 Å². The van der Waals surface area contributed by atoms with Crippen molar-refractivity contribution in [3.05, 3.63) is 0 Å². The summed E-state index contributed by atoms with van der Waals surface area (Å²) in [5.41, 5.74) is 0. The van der Waals surface area contributed by atoms with E-state index in [1.54, 1.807) is 0 Å². The van der Waals surface area contributed by atoms with E-state index in [-0.39, 0.29) is 6.04 Å². The molecule has 0 aromatic rings. The number of sulfone groups is 1. The fraction of sp³-hybridized carbons (Fsp3) is 1.00. The van der Waals surface area contributed by atoms with E-state index in [4.69, 9.17) is 0 Å². The van der Waals surface area contributed by atoms with E-state index in [9.17, 15) is 8.42 Å². The van der Waals surface area contributed by atoms with Gasteiger partial charge in [-0.1, -0.05) is 6.92 Å². The molecule has 94 valence electrons. The van der Waals surface area contributed by atoms with Crippen molar-refractivity contribution in [2.75, 3.05) is 37.7 Å². The molecule has 1 N–H and O–H groups in total. The highest BCUT2D eigenvalue weighted by molar-refractivity contribution is 7.91. The van der Waals surface area contributed by atoms with Crippen LogP contribution in [-0.4, -0.2) is 57.0 Å². The normalized spacial score (nSPS) is 34.6. The summed E-state index contributed by atoms with van der Waals surface area (Å²) < 4.78 is 22.6. The maximum absolute atomic E-state index is 11.3. The summed E-state index contributed by atoms with van der Waals surface area (Å²) in [7, 11) is -2.73. The van der Waals surface area contributed by atoms with Crippen LogP contribution in [0.4, 0.5) is 0 Å². The molecule has 2 atom stereocenters. The highest BCUT2D eigenvalue weighted by Crippen LogP contribution is 2.16. The van der Waals surface area contributed by atoms with Crippen molar-refractivity contribution >= 4 is 9.84 Å². The van der Waals surface area contributed by atoms with Gasteiger partial charge in [-0.3, -0.25) is 0 Å². The minimum atomic E-state index is -2.73. The zero-order chi connectivity index (χ0) is 11.6.